The molecule has 0 unspecified atom stereocenters. The summed E-state index contributed by atoms with van der Waals surface area (Å²) in [6, 6.07) is 38.5. The largest absolute Gasteiger partial charge is 0.456 e. The first kappa shape index (κ1) is 18.7. The van der Waals surface area contributed by atoms with Crippen LogP contribution in [0.3, 0.4) is 0 Å². The molecule has 0 saturated carbocycles. The first-order chi connectivity index (χ1) is 16.3. The van der Waals surface area contributed by atoms with Gasteiger partial charge in [-0.25, -0.2) is 0 Å². The maximum absolute atomic E-state index is 6.20. The summed E-state index contributed by atoms with van der Waals surface area (Å²) in [6.07, 6.45) is 0. The molecule has 0 fully saturated rings. The lowest BCUT2D eigenvalue weighted by Gasteiger charge is -2.11. The van der Waals surface area contributed by atoms with Crippen molar-refractivity contribution in [3.8, 4) is 16.8 Å². The number of benzene rings is 5. The molecule has 7 rings (SSSR count). The molecule has 0 N–H and O–H groups in total. The van der Waals surface area contributed by atoms with E-state index in [0.29, 0.717) is 0 Å². The number of furan rings is 1. The Kier molecular flexibility index (Phi) is 4.02. The van der Waals surface area contributed by atoms with Gasteiger partial charge in [0, 0.05) is 20.6 Å². The number of aromatic nitrogens is 1. The van der Waals surface area contributed by atoms with Crippen LogP contribution in [0.25, 0.3) is 60.6 Å². The molecule has 0 aliphatic carbocycles. The van der Waals surface area contributed by atoms with Gasteiger partial charge in [-0.2, -0.15) is 0 Å². The molecule has 2 nitrogen and oxygen atoms in total. The third-order valence-electron chi connectivity index (χ3n) is 6.45. The molecule has 5 aromatic carbocycles. The van der Waals surface area contributed by atoms with Crippen molar-refractivity contribution in [1.29, 1.82) is 0 Å². The SMILES string of the molecule is Brc1cccc(-c2ccc3c4ccccc4n(-c4cccc5oc6ccccc6c45)c3c2)c1. The van der Waals surface area contributed by atoms with Gasteiger partial charge in [-0.1, -0.05) is 82.7 Å². The third kappa shape index (κ3) is 2.79. The highest BCUT2D eigenvalue weighted by Gasteiger charge is 2.17. The van der Waals surface area contributed by atoms with E-state index in [1.54, 1.807) is 0 Å². The molecule has 33 heavy (non-hydrogen) atoms. The van der Waals surface area contributed by atoms with Crippen molar-refractivity contribution in [3.05, 3.63) is 114 Å². The molecule has 0 radical (unpaired) electrons. The molecule has 0 atom stereocenters. The second-order valence-electron chi connectivity index (χ2n) is 8.34. The summed E-state index contributed by atoms with van der Waals surface area (Å²) in [7, 11) is 0. The second-order valence-corrected chi connectivity index (χ2v) is 9.26. The van der Waals surface area contributed by atoms with E-state index in [1.165, 1.54) is 32.9 Å². The number of rotatable bonds is 2. The van der Waals surface area contributed by atoms with Gasteiger partial charge in [0.05, 0.1) is 22.1 Å². The van der Waals surface area contributed by atoms with Crippen molar-refractivity contribution in [2.75, 3.05) is 0 Å². The quantitative estimate of drug-likeness (QED) is 0.237. The van der Waals surface area contributed by atoms with Gasteiger partial charge in [-0.15, -0.1) is 0 Å². The lowest BCUT2D eigenvalue weighted by atomic mass is 10.0. The number of nitrogens with zero attached hydrogens (tertiary/aromatic N) is 1. The Balaban J connectivity index is 1.63. The van der Waals surface area contributed by atoms with Crippen LogP contribution in [0.2, 0.25) is 0 Å². The fourth-order valence-corrected chi connectivity index (χ4v) is 5.42. The zero-order valence-corrected chi connectivity index (χ0v) is 19.2. The molecule has 0 saturated heterocycles. The minimum atomic E-state index is 0.905. The molecule has 156 valence electrons. The maximum Gasteiger partial charge on any atom is 0.137 e. The van der Waals surface area contributed by atoms with Gasteiger partial charge in [0.25, 0.3) is 0 Å². The van der Waals surface area contributed by atoms with Crippen LogP contribution < -0.4 is 0 Å². The number of hydrogen-bond acceptors (Lipinski definition) is 1. The van der Waals surface area contributed by atoms with Crippen molar-refractivity contribution >= 4 is 59.7 Å². The molecule has 7 aromatic rings. The molecule has 0 aliphatic heterocycles. The number of hydrogen-bond donors (Lipinski definition) is 0. The molecule has 2 heterocycles. The standard InChI is InChI=1S/C30H18BrNO/c31-21-8-5-7-19(17-21)20-15-16-23-22-9-1-3-11-25(22)32(27(23)18-20)26-12-6-14-29-30(26)24-10-2-4-13-28(24)33-29/h1-18H. The molecule has 0 bridgehead atoms. The zero-order valence-electron chi connectivity index (χ0n) is 17.6. The Hall–Kier alpha value is -3.82. The third-order valence-corrected chi connectivity index (χ3v) is 6.95. The van der Waals surface area contributed by atoms with E-state index in [9.17, 15) is 0 Å². The summed E-state index contributed by atoms with van der Waals surface area (Å²) < 4.78 is 9.67. The van der Waals surface area contributed by atoms with Crippen LogP contribution in [0.1, 0.15) is 0 Å². The van der Waals surface area contributed by atoms with Crippen molar-refractivity contribution in [3.63, 3.8) is 0 Å². The van der Waals surface area contributed by atoms with Crippen LogP contribution >= 0.6 is 15.9 Å². The van der Waals surface area contributed by atoms with E-state index >= 15 is 0 Å². The van der Waals surface area contributed by atoms with Crippen LogP contribution in [0.15, 0.2) is 118 Å². The second kappa shape index (κ2) is 7.09. The highest BCUT2D eigenvalue weighted by atomic mass is 79.9. The lowest BCUT2D eigenvalue weighted by Crippen LogP contribution is -1.94. The van der Waals surface area contributed by atoms with Crippen LogP contribution in [0.4, 0.5) is 0 Å². The van der Waals surface area contributed by atoms with Gasteiger partial charge >= 0.3 is 0 Å². The molecule has 0 aliphatic rings. The summed E-state index contributed by atoms with van der Waals surface area (Å²) in [5, 5.41) is 4.77. The number of halogens is 1. The zero-order chi connectivity index (χ0) is 21.9. The molecule has 0 spiro atoms. The van der Waals surface area contributed by atoms with Crippen LogP contribution in [0.5, 0.6) is 0 Å². The van der Waals surface area contributed by atoms with Crippen molar-refractivity contribution in [2.24, 2.45) is 0 Å². The predicted molar refractivity (Wildman–Crippen MR) is 141 cm³/mol. The first-order valence-electron chi connectivity index (χ1n) is 11.0. The van der Waals surface area contributed by atoms with E-state index < -0.39 is 0 Å². The minimum Gasteiger partial charge on any atom is -0.456 e. The summed E-state index contributed by atoms with van der Waals surface area (Å²) in [6.45, 7) is 0. The highest BCUT2D eigenvalue weighted by Crippen LogP contribution is 2.39. The summed E-state index contributed by atoms with van der Waals surface area (Å²) >= 11 is 3.62. The Labute approximate surface area is 198 Å². The van der Waals surface area contributed by atoms with Crippen LogP contribution in [-0.4, -0.2) is 4.57 Å². The summed E-state index contributed by atoms with van der Waals surface area (Å²) in [5.74, 6) is 0. The van der Waals surface area contributed by atoms with Crippen LogP contribution in [0, 0.1) is 0 Å². The maximum atomic E-state index is 6.20. The molecule has 2 aromatic heterocycles. The van der Waals surface area contributed by atoms with Crippen molar-refractivity contribution in [1.82, 2.24) is 4.57 Å². The first-order valence-corrected chi connectivity index (χ1v) is 11.8. The van der Waals surface area contributed by atoms with E-state index in [1.807, 2.05) is 12.1 Å². The number of para-hydroxylation sites is 2. The van der Waals surface area contributed by atoms with E-state index in [2.05, 4.69) is 118 Å². The van der Waals surface area contributed by atoms with Gasteiger partial charge in [0.2, 0.25) is 0 Å². The van der Waals surface area contributed by atoms with Gasteiger partial charge in [0.1, 0.15) is 11.2 Å². The van der Waals surface area contributed by atoms with Crippen molar-refractivity contribution in [2.45, 2.75) is 0 Å². The average molecular weight is 488 g/mol. The van der Waals surface area contributed by atoms with E-state index in [4.69, 9.17) is 4.42 Å². The Morgan fingerprint density at radius 2 is 1.27 bits per heavy atom. The predicted octanol–water partition coefficient (Wildman–Crippen LogP) is 9.11. The summed E-state index contributed by atoms with van der Waals surface area (Å²) in [5.41, 5.74) is 7.71. The minimum absolute atomic E-state index is 0.905. The van der Waals surface area contributed by atoms with E-state index in [-0.39, 0.29) is 0 Å². The van der Waals surface area contributed by atoms with Crippen molar-refractivity contribution < 1.29 is 4.42 Å². The van der Waals surface area contributed by atoms with Gasteiger partial charge in [-0.05, 0) is 53.6 Å². The normalized spacial score (nSPS) is 11.8. The monoisotopic (exact) mass is 487 g/mol. The highest BCUT2D eigenvalue weighted by molar-refractivity contribution is 9.10. The smallest absolute Gasteiger partial charge is 0.137 e. The molecular weight excluding hydrogens is 470 g/mol. The molecule has 3 heteroatoms. The Bertz CT molecular complexity index is 1840. The molecule has 0 amide bonds. The Morgan fingerprint density at radius 3 is 2.18 bits per heavy atom. The topological polar surface area (TPSA) is 18.1 Å². The van der Waals surface area contributed by atoms with Gasteiger partial charge < -0.3 is 8.98 Å². The number of fused-ring (bicyclic) bond motifs is 6. The fourth-order valence-electron chi connectivity index (χ4n) is 5.02. The average Bonchev–Trinajstić information content (AvgIpc) is 3.39. The molecular formula is C30H18BrNO. The van der Waals surface area contributed by atoms with Gasteiger partial charge in [-0.3, -0.25) is 0 Å². The Morgan fingerprint density at radius 1 is 0.545 bits per heavy atom. The summed E-state index contributed by atoms with van der Waals surface area (Å²) in [4.78, 5) is 0. The fraction of sp³-hybridized carbons (Fsp3) is 0. The van der Waals surface area contributed by atoms with Gasteiger partial charge in [0.15, 0.2) is 0 Å². The van der Waals surface area contributed by atoms with Crippen LogP contribution in [-0.2, 0) is 0 Å². The lowest BCUT2D eigenvalue weighted by molar-refractivity contribution is 0.669. The van der Waals surface area contributed by atoms with E-state index in [0.717, 1.165) is 32.1 Å².